The molecule has 0 radical (unpaired) electrons. The molecule has 2 aromatic carbocycles. The normalized spacial score (nSPS) is 21.1. The Labute approximate surface area is 184 Å². The van der Waals surface area contributed by atoms with Gasteiger partial charge in [0.05, 0.1) is 11.1 Å². The van der Waals surface area contributed by atoms with Gasteiger partial charge in [-0.15, -0.1) is 0 Å². The van der Waals surface area contributed by atoms with E-state index in [0.717, 1.165) is 16.8 Å². The number of benzene rings is 2. The molecular formula is C26H31N3O2. The molecule has 2 unspecified atom stereocenters. The zero-order valence-electron chi connectivity index (χ0n) is 19.0. The van der Waals surface area contributed by atoms with Crippen molar-refractivity contribution in [3.05, 3.63) is 65.2 Å². The number of hydrogen-bond acceptors (Lipinski definition) is 3. The maximum atomic E-state index is 13.8. The van der Waals surface area contributed by atoms with E-state index in [-0.39, 0.29) is 23.3 Å². The number of carbonyl (C=O) groups is 2. The van der Waals surface area contributed by atoms with E-state index >= 15 is 0 Å². The largest absolute Gasteiger partial charge is 0.350 e. The SMILES string of the molecule is CC(C)C(C(=O)NC(C)(C)C)N1CCC2(C=Nc3ccccc32)c2ccccc2C1=O. The number of aliphatic imine (C=N–C) groups is 1. The fraction of sp³-hybridized carbons (Fsp3) is 0.423. The van der Waals surface area contributed by atoms with Crippen molar-refractivity contribution in [3.8, 4) is 0 Å². The summed E-state index contributed by atoms with van der Waals surface area (Å²) in [5.74, 6) is -0.213. The van der Waals surface area contributed by atoms with Crippen LogP contribution in [0.2, 0.25) is 0 Å². The van der Waals surface area contributed by atoms with Gasteiger partial charge in [0, 0.05) is 23.9 Å². The van der Waals surface area contributed by atoms with E-state index in [4.69, 9.17) is 4.99 Å². The summed E-state index contributed by atoms with van der Waals surface area (Å²) in [4.78, 5) is 33.5. The van der Waals surface area contributed by atoms with Crippen LogP contribution in [0.25, 0.3) is 0 Å². The minimum absolute atomic E-state index is 0.0166. The Bertz CT molecular complexity index is 1050. The van der Waals surface area contributed by atoms with Crippen LogP contribution in [0.5, 0.6) is 0 Å². The van der Waals surface area contributed by atoms with Crippen molar-refractivity contribution in [2.45, 2.75) is 58.0 Å². The molecule has 2 aromatic rings. The lowest BCUT2D eigenvalue weighted by molar-refractivity contribution is -0.128. The molecule has 2 amide bonds. The molecule has 2 atom stereocenters. The van der Waals surface area contributed by atoms with Crippen molar-refractivity contribution in [1.82, 2.24) is 10.2 Å². The minimum atomic E-state index is -0.538. The number of carbonyl (C=O) groups excluding carboxylic acids is 2. The maximum absolute atomic E-state index is 13.8. The van der Waals surface area contributed by atoms with E-state index < -0.39 is 11.5 Å². The second-order valence-corrected chi connectivity index (χ2v) is 9.97. The first kappa shape index (κ1) is 21.3. The Kier molecular flexibility index (Phi) is 5.24. The van der Waals surface area contributed by atoms with Crippen LogP contribution in [0.3, 0.4) is 0 Å². The molecule has 5 heteroatoms. The number of para-hydroxylation sites is 1. The molecule has 4 rings (SSSR count). The van der Waals surface area contributed by atoms with Gasteiger partial charge in [-0.3, -0.25) is 14.6 Å². The van der Waals surface area contributed by atoms with Gasteiger partial charge in [0.1, 0.15) is 6.04 Å². The first-order valence-corrected chi connectivity index (χ1v) is 11.0. The monoisotopic (exact) mass is 417 g/mol. The Morgan fingerprint density at radius 2 is 1.71 bits per heavy atom. The van der Waals surface area contributed by atoms with Crippen molar-refractivity contribution in [2.75, 3.05) is 6.54 Å². The number of amides is 2. The van der Waals surface area contributed by atoms with Crippen molar-refractivity contribution >= 4 is 23.7 Å². The van der Waals surface area contributed by atoms with E-state index in [1.807, 2.05) is 83.3 Å². The van der Waals surface area contributed by atoms with Crippen LogP contribution in [0.1, 0.15) is 62.5 Å². The third kappa shape index (κ3) is 3.67. The van der Waals surface area contributed by atoms with Gasteiger partial charge >= 0.3 is 0 Å². The van der Waals surface area contributed by atoms with Gasteiger partial charge in [-0.25, -0.2) is 0 Å². The maximum Gasteiger partial charge on any atom is 0.254 e. The predicted molar refractivity (Wildman–Crippen MR) is 124 cm³/mol. The van der Waals surface area contributed by atoms with E-state index in [2.05, 4.69) is 11.4 Å². The first-order valence-electron chi connectivity index (χ1n) is 11.0. The summed E-state index contributed by atoms with van der Waals surface area (Å²) in [6.07, 6.45) is 2.68. The Morgan fingerprint density at radius 3 is 2.39 bits per heavy atom. The average Bonchev–Trinajstić information content (AvgIpc) is 3.03. The third-order valence-corrected chi connectivity index (χ3v) is 6.19. The smallest absolute Gasteiger partial charge is 0.254 e. The van der Waals surface area contributed by atoms with Gasteiger partial charge in [-0.1, -0.05) is 50.2 Å². The molecule has 5 nitrogen and oxygen atoms in total. The van der Waals surface area contributed by atoms with Crippen LogP contribution >= 0.6 is 0 Å². The fourth-order valence-corrected chi connectivity index (χ4v) is 4.89. The quantitative estimate of drug-likeness (QED) is 0.801. The molecule has 2 aliphatic heterocycles. The molecule has 0 saturated heterocycles. The van der Waals surface area contributed by atoms with Crippen LogP contribution in [0.4, 0.5) is 5.69 Å². The van der Waals surface area contributed by atoms with Gasteiger partial charge in [0.15, 0.2) is 0 Å². The van der Waals surface area contributed by atoms with Crippen molar-refractivity contribution in [3.63, 3.8) is 0 Å². The lowest BCUT2D eigenvalue weighted by Gasteiger charge is -2.35. The van der Waals surface area contributed by atoms with Crippen LogP contribution in [0.15, 0.2) is 53.5 Å². The predicted octanol–water partition coefficient (Wildman–Crippen LogP) is 4.47. The molecule has 2 aliphatic rings. The molecule has 1 spiro atoms. The lowest BCUT2D eigenvalue weighted by atomic mass is 9.72. The Hall–Kier alpha value is -2.95. The van der Waals surface area contributed by atoms with Gasteiger partial charge in [0.2, 0.25) is 5.91 Å². The van der Waals surface area contributed by atoms with Gasteiger partial charge in [-0.2, -0.15) is 0 Å². The van der Waals surface area contributed by atoms with Crippen LogP contribution in [0, 0.1) is 5.92 Å². The van der Waals surface area contributed by atoms with Crippen LogP contribution in [-0.4, -0.2) is 41.1 Å². The molecule has 1 N–H and O–H groups in total. The average molecular weight is 418 g/mol. The van der Waals surface area contributed by atoms with Crippen molar-refractivity contribution in [1.29, 1.82) is 0 Å². The zero-order chi connectivity index (χ0) is 22.4. The highest BCUT2D eigenvalue weighted by molar-refractivity contribution is 6.02. The zero-order valence-corrected chi connectivity index (χ0v) is 19.0. The highest BCUT2D eigenvalue weighted by Gasteiger charge is 2.46. The fourth-order valence-electron chi connectivity index (χ4n) is 4.89. The number of fused-ring (bicyclic) bond motifs is 4. The second-order valence-electron chi connectivity index (χ2n) is 9.97. The number of hydrogen-bond donors (Lipinski definition) is 1. The first-order chi connectivity index (χ1) is 14.6. The van der Waals surface area contributed by atoms with E-state index in [9.17, 15) is 9.59 Å². The van der Waals surface area contributed by atoms with E-state index in [1.165, 1.54) is 0 Å². The molecule has 2 heterocycles. The summed E-state index contributed by atoms with van der Waals surface area (Å²) in [6, 6.07) is 15.4. The summed E-state index contributed by atoms with van der Waals surface area (Å²) >= 11 is 0. The van der Waals surface area contributed by atoms with E-state index in [0.29, 0.717) is 18.5 Å². The summed E-state index contributed by atoms with van der Waals surface area (Å²) in [5, 5.41) is 3.08. The van der Waals surface area contributed by atoms with Gasteiger partial charge in [-0.05, 0) is 56.4 Å². The second kappa shape index (κ2) is 7.63. The summed E-state index contributed by atoms with van der Waals surface area (Å²) in [7, 11) is 0. The van der Waals surface area contributed by atoms with Crippen LogP contribution in [-0.2, 0) is 10.2 Å². The van der Waals surface area contributed by atoms with Crippen LogP contribution < -0.4 is 5.32 Å². The van der Waals surface area contributed by atoms with E-state index in [1.54, 1.807) is 4.90 Å². The molecule has 0 bridgehead atoms. The minimum Gasteiger partial charge on any atom is -0.350 e. The summed E-state index contributed by atoms with van der Waals surface area (Å²) in [5.41, 5.74) is 2.86. The standard InChI is InChI=1S/C26H31N3O2/c1-17(2)22(23(30)28-25(3,4)5)29-15-14-26(16-27-21-13-9-8-12-20(21)26)19-11-7-6-10-18(19)24(29)31/h6-13,16-17,22H,14-15H2,1-5H3,(H,28,30). The summed E-state index contributed by atoms with van der Waals surface area (Å²) in [6.45, 7) is 10.4. The van der Waals surface area contributed by atoms with Gasteiger partial charge in [0.25, 0.3) is 5.91 Å². The number of rotatable bonds is 3. The topological polar surface area (TPSA) is 61.8 Å². The molecular weight excluding hydrogens is 386 g/mol. The molecule has 0 fully saturated rings. The molecule has 0 saturated carbocycles. The summed E-state index contributed by atoms with van der Waals surface area (Å²) < 4.78 is 0. The van der Waals surface area contributed by atoms with Gasteiger partial charge < -0.3 is 10.2 Å². The molecule has 31 heavy (non-hydrogen) atoms. The molecule has 162 valence electrons. The Morgan fingerprint density at radius 1 is 1.06 bits per heavy atom. The number of nitrogens with zero attached hydrogens (tertiary/aromatic N) is 2. The van der Waals surface area contributed by atoms with Crippen molar-refractivity contribution in [2.24, 2.45) is 10.9 Å². The highest BCUT2D eigenvalue weighted by Crippen LogP contribution is 2.46. The Balaban J connectivity index is 1.81. The number of nitrogens with one attached hydrogen (secondary N) is 1. The lowest BCUT2D eigenvalue weighted by Crippen LogP contribution is -2.56. The molecule has 0 aliphatic carbocycles. The highest BCUT2D eigenvalue weighted by atomic mass is 16.2. The van der Waals surface area contributed by atoms with Crippen molar-refractivity contribution < 1.29 is 9.59 Å². The third-order valence-electron chi connectivity index (χ3n) is 6.19. The molecule has 0 aromatic heterocycles.